The van der Waals surface area contributed by atoms with E-state index in [1.807, 2.05) is 10.9 Å². The van der Waals surface area contributed by atoms with Gasteiger partial charge in [-0.05, 0) is 38.2 Å². The van der Waals surface area contributed by atoms with Gasteiger partial charge in [-0.3, -0.25) is 19.1 Å². The second-order valence-electron chi connectivity index (χ2n) is 5.93. The van der Waals surface area contributed by atoms with Crippen LogP contribution in [0, 0.1) is 5.92 Å². The summed E-state index contributed by atoms with van der Waals surface area (Å²) in [5.41, 5.74) is 2.06. The van der Waals surface area contributed by atoms with Gasteiger partial charge in [0.15, 0.2) is 0 Å². The number of fused-ring (bicyclic) bond motifs is 1. The third kappa shape index (κ3) is 6.94. The Morgan fingerprint density at radius 1 is 1.36 bits per heavy atom. The molecule has 1 atom stereocenters. The Bertz CT molecular complexity index is 638. The predicted octanol–water partition coefficient (Wildman–Crippen LogP) is -0.745. The fraction of sp³-hybridized carbons (Fsp3) is 0.647. The largest absolute Gasteiger partial charge is 1.00 e. The molecular formula is C17H31KN2O5-6. The van der Waals surface area contributed by atoms with Gasteiger partial charge in [-0.15, -0.1) is 0 Å². The van der Waals surface area contributed by atoms with E-state index in [9.17, 15) is 14.4 Å². The maximum absolute atomic E-state index is 12.2. The van der Waals surface area contributed by atoms with Crippen LogP contribution in [0.3, 0.4) is 0 Å². The summed E-state index contributed by atoms with van der Waals surface area (Å²) in [6.07, 6.45) is 4.88. The van der Waals surface area contributed by atoms with Crippen LogP contribution in [-0.2, 0) is 43.2 Å². The number of carbonyl (C=O) groups is 3. The molecule has 8 heteroatoms. The molecule has 7 nitrogen and oxygen atoms in total. The van der Waals surface area contributed by atoms with Crippen molar-refractivity contribution in [1.29, 1.82) is 0 Å². The minimum absolute atomic E-state index is 0. The zero-order valence-electron chi connectivity index (χ0n) is 22.2. The topological polar surface area (TPSA) is 87.5 Å². The van der Waals surface area contributed by atoms with Gasteiger partial charge in [0.05, 0.1) is 19.4 Å². The number of hydrogen-bond acceptors (Lipinski definition) is 6. The van der Waals surface area contributed by atoms with E-state index in [2.05, 4.69) is 9.84 Å². The molecule has 0 amide bonds. The van der Waals surface area contributed by atoms with E-state index >= 15 is 0 Å². The minimum atomic E-state index is -0.452. The zero-order valence-corrected chi connectivity index (χ0v) is 18.4. The fourth-order valence-corrected chi connectivity index (χ4v) is 2.94. The summed E-state index contributed by atoms with van der Waals surface area (Å²) < 4.78 is 11.3. The first-order valence-corrected chi connectivity index (χ1v) is 8.33. The monoisotopic (exact) mass is 396 g/mol. The van der Waals surface area contributed by atoms with Crippen LogP contribution < -0.4 is 51.4 Å². The molecule has 1 aliphatic carbocycles. The predicted molar refractivity (Wildman–Crippen MR) is 93.0 cm³/mol. The quantitative estimate of drug-likeness (QED) is 0.327. The molecule has 1 aromatic rings. The standard InChI is InChI=1S/C17H24N2O5.K.7H/c1-3-24-17(22)10-15(20)12-6-7-14-13(9-12)11-19(18-14)8-4-5-16(21)23-2;;;;;;;;/h11-12H,3-10H2,1-2H3;;;;;;;;/q;+1;7*-1/i;;7*1+2. The van der Waals surface area contributed by atoms with Crippen molar-refractivity contribution in [1.82, 2.24) is 9.78 Å². The molecule has 0 aromatic carbocycles. The van der Waals surface area contributed by atoms with E-state index in [0.29, 0.717) is 38.8 Å². The van der Waals surface area contributed by atoms with Gasteiger partial charge in [0, 0.05) is 25.1 Å². The number of methoxy groups -OCH3 is 1. The first-order chi connectivity index (χ1) is 11.5. The Labute approximate surface area is 200 Å². The van der Waals surface area contributed by atoms with Crippen molar-refractivity contribution >= 4 is 17.7 Å². The number of aryl methyl sites for hydroxylation is 2. The van der Waals surface area contributed by atoms with Crippen molar-refractivity contribution in [2.45, 2.75) is 52.0 Å². The van der Waals surface area contributed by atoms with E-state index in [1.165, 1.54) is 7.11 Å². The van der Waals surface area contributed by atoms with Gasteiger partial charge in [-0.1, -0.05) is 0 Å². The fourth-order valence-electron chi connectivity index (χ4n) is 2.94. The molecule has 0 N–H and O–H groups in total. The average molecular weight is 397 g/mol. The Hall–Kier alpha value is -0.544. The summed E-state index contributed by atoms with van der Waals surface area (Å²) in [7, 11) is 1.38. The summed E-state index contributed by atoms with van der Waals surface area (Å²) in [6, 6.07) is 0. The van der Waals surface area contributed by atoms with Gasteiger partial charge in [-0.25, -0.2) is 0 Å². The molecule has 0 saturated carbocycles. The first kappa shape index (κ1) is 22.5. The SMILES string of the molecule is CCOC(=O)CC(=O)C1CCc2nn(CCCC(=O)OC)cc2C1.[3H-].[3H-].[3H-].[3H-].[3H-].[3H-].[3H-].[K+]. The van der Waals surface area contributed by atoms with Crippen molar-refractivity contribution in [3.8, 4) is 0 Å². The number of esters is 2. The molecule has 0 radical (unpaired) electrons. The third-order valence-corrected chi connectivity index (χ3v) is 4.20. The second-order valence-corrected chi connectivity index (χ2v) is 5.93. The molecule has 2 rings (SSSR count). The maximum Gasteiger partial charge on any atom is 1.00 e. The van der Waals surface area contributed by atoms with Crippen LogP contribution in [0.5, 0.6) is 0 Å². The van der Waals surface area contributed by atoms with Gasteiger partial charge in [0.25, 0.3) is 0 Å². The average Bonchev–Trinajstić information content (AvgIpc) is 2.96. The van der Waals surface area contributed by atoms with Gasteiger partial charge in [-0.2, -0.15) is 5.10 Å². The number of ketones is 1. The molecular weight excluding hydrogens is 351 g/mol. The minimum Gasteiger partial charge on any atom is -1.00 e. The second kappa shape index (κ2) is 11.2. The number of ether oxygens (including phenoxy) is 2. The normalized spacial score (nSPS) is 15.7. The molecule has 1 aliphatic rings. The molecule has 0 bridgehead atoms. The van der Waals surface area contributed by atoms with Gasteiger partial charge < -0.3 is 19.5 Å². The van der Waals surface area contributed by atoms with Crippen LogP contribution in [0.4, 0.5) is 0 Å². The molecule has 1 aromatic heterocycles. The Balaban J connectivity index is -0.000000156. The van der Waals surface area contributed by atoms with Crippen LogP contribution >= 0.6 is 0 Å². The molecule has 1 unspecified atom stereocenters. The van der Waals surface area contributed by atoms with Crippen LogP contribution in [-0.4, -0.2) is 41.2 Å². The van der Waals surface area contributed by atoms with Crippen molar-refractivity contribution in [2.24, 2.45) is 5.92 Å². The van der Waals surface area contributed by atoms with E-state index in [1.54, 1.807) is 6.92 Å². The van der Waals surface area contributed by atoms with Crippen molar-refractivity contribution < 1.29 is 85.2 Å². The number of carbonyl (C=O) groups excluding carboxylic acids is 3. The first-order valence-electron chi connectivity index (χ1n) is 8.33. The number of aromatic nitrogens is 2. The molecule has 0 aliphatic heterocycles. The Morgan fingerprint density at radius 2 is 2.12 bits per heavy atom. The van der Waals surface area contributed by atoms with Crippen molar-refractivity contribution in [2.75, 3.05) is 13.7 Å². The summed E-state index contributed by atoms with van der Waals surface area (Å²) in [5, 5.41) is 4.52. The Morgan fingerprint density at radius 3 is 2.80 bits per heavy atom. The maximum atomic E-state index is 12.2. The molecule has 25 heavy (non-hydrogen) atoms. The van der Waals surface area contributed by atoms with E-state index in [4.69, 9.17) is 4.74 Å². The smallest absolute Gasteiger partial charge is 1.00 e. The van der Waals surface area contributed by atoms with Crippen LogP contribution in [0.25, 0.3) is 0 Å². The number of rotatable bonds is 8. The molecule has 0 fully saturated rings. The van der Waals surface area contributed by atoms with Gasteiger partial charge in [0.1, 0.15) is 12.2 Å². The summed E-state index contributed by atoms with van der Waals surface area (Å²) in [6.45, 7) is 2.66. The van der Waals surface area contributed by atoms with Crippen LogP contribution in [0.2, 0.25) is 0 Å². The summed E-state index contributed by atoms with van der Waals surface area (Å²) >= 11 is 0. The third-order valence-electron chi connectivity index (χ3n) is 4.20. The summed E-state index contributed by atoms with van der Waals surface area (Å²) in [5.74, 6) is -0.879. The van der Waals surface area contributed by atoms with E-state index in [0.717, 1.165) is 17.7 Å². The van der Waals surface area contributed by atoms with E-state index < -0.39 is 5.97 Å². The van der Waals surface area contributed by atoms with Crippen molar-refractivity contribution in [3.63, 3.8) is 0 Å². The summed E-state index contributed by atoms with van der Waals surface area (Å²) in [4.78, 5) is 34.8. The molecule has 0 spiro atoms. The molecule has 0 saturated heterocycles. The van der Waals surface area contributed by atoms with Gasteiger partial charge in [0.2, 0.25) is 0 Å². The molecule has 146 valence electrons. The number of nitrogens with zero attached hydrogens (tertiary/aromatic N) is 2. The number of hydrogen-bond donors (Lipinski definition) is 0. The Kier molecular flexibility index (Phi) is 10.1. The number of Topliss-reactive ketones (excluding diaryl/α,β-unsaturated/α-hetero) is 1. The molecule has 1 heterocycles. The zero-order chi connectivity index (χ0) is 17.5. The van der Waals surface area contributed by atoms with Crippen LogP contribution in [0.15, 0.2) is 6.20 Å². The van der Waals surface area contributed by atoms with Crippen molar-refractivity contribution in [3.05, 3.63) is 17.5 Å². The van der Waals surface area contributed by atoms with Crippen LogP contribution in [0.1, 0.15) is 53.9 Å². The van der Waals surface area contributed by atoms with Gasteiger partial charge >= 0.3 is 63.3 Å². The van der Waals surface area contributed by atoms with E-state index in [-0.39, 0.29) is 85.5 Å².